The van der Waals surface area contributed by atoms with Gasteiger partial charge in [0.15, 0.2) is 0 Å². The minimum absolute atomic E-state index is 1.11. The van der Waals surface area contributed by atoms with Crippen molar-refractivity contribution in [2.24, 2.45) is 0 Å². The number of hydrogen-bond acceptors (Lipinski definition) is 2. The first-order chi connectivity index (χ1) is 13.4. The molecular weight excluding hydrogens is 330 g/mol. The molecule has 4 aromatic rings. The van der Waals surface area contributed by atoms with Gasteiger partial charge >= 0.3 is 0 Å². The van der Waals surface area contributed by atoms with Gasteiger partial charge in [-0.2, -0.15) is 0 Å². The Morgan fingerprint density at radius 2 is 1.11 bits per heavy atom. The van der Waals surface area contributed by atoms with Crippen LogP contribution >= 0.6 is 0 Å². The van der Waals surface area contributed by atoms with Crippen LogP contribution in [0.2, 0.25) is 0 Å². The summed E-state index contributed by atoms with van der Waals surface area (Å²) in [5.74, 6) is 0. The minimum atomic E-state index is 1.11. The Morgan fingerprint density at radius 1 is 0.556 bits per heavy atom. The number of benzene rings is 3. The third-order valence-corrected chi connectivity index (χ3v) is 4.92. The normalized spacial score (nSPS) is 13.2. The van der Waals surface area contributed by atoms with Gasteiger partial charge in [0.25, 0.3) is 0 Å². The second-order valence-corrected chi connectivity index (χ2v) is 6.73. The van der Waals surface area contributed by atoms with E-state index in [1.807, 2.05) is 18.3 Å². The van der Waals surface area contributed by atoms with Crippen LogP contribution in [0.1, 0.15) is 11.1 Å². The Hall–Kier alpha value is -3.20. The van der Waals surface area contributed by atoms with Crippen LogP contribution in [0.3, 0.4) is 0 Å². The highest BCUT2D eigenvalue weighted by Crippen LogP contribution is 2.20. The smallest absolute Gasteiger partial charge is 0.0453 e. The number of H-pyrrole nitrogens is 1. The van der Waals surface area contributed by atoms with Crippen molar-refractivity contribution in [1.82, 2.24) is 4.98 Å². The van der Waals surface area contributed by atoms with Crippen molar-refractivity contribution in [3.63, 3.8) is 0 Å². The second-order valence-electron chi connectivity index (χ2n) is 6.73. The average Bonchev–Trinajstić information content (AvgIpc) is 3.48. The molecule has 0 spiro atoms. The van der Waals surface area contributed by atoms with E-state index in [1.165, 1.54) is 46.2 Å². The van der Waals surface area contributed by atoms with Crippen LogP contribution in [0.25, 0.3) is 10.9 Å². The fourth-order valence-corrected chi connectivity index (χ4v) is 3.48. The number of hydrogen-bond donors (Lipinski definition) is 3. The summed E-state index contributed by atoms with van der Waals surface area (Å²) in [5, 5.41) is 7.88. The quantitative estimate of drug-likeness (QED) is 0.391. The Balaban J connectivity index is 0.0000001000. The predicted molar refractivity (Wildman–Crippen MR) is 116 cm³/mol. The highest BCUT2D eigenvalue weighted by Gasteiger charge is 2.06. The molecule has 6 rings (SSSR count). The first-order valence-corrected chi connectivity index (χ1v) is 9.56. The molecule has 27 heavy (non-hydrogen) atoms. The molecule has 0 aliphatic carbocycles. The van der Waals surface area contributed by atoms with E-state index in [2.05, 4.69) is 82.3 Å². The highest BCUT2D eigenvalue weighted by atomic mass is 14.9. The van der Waals surface area contributed by atoms with E-state index >= 15 is 0 Å². The van der Waals surface area contributed by atoms with Gasteiger partial charge in [-0.1, -0.05) is 54.6 Å². The first kappa shape index (κ1) is 17.2. The van der Waals surface area contributed by atoms with E-state index in [9.17, 15) is 0 Å². The van der Waals surface area contributed by atoms with Gasteiger partial charge in [-0.15, -0.1) is 0 Å². The fraction of sp³-hybridized carbons (Fsp3) is 0.167. The molecule has 0 fully saturated rings. The highest BCUT2D eigenvalue weighted by molar-refractivity contribution is 5.78. The summed E-state index contributed by atoms with van der Waals surface area (Å²) in [5.41, 5.74) is 6.75. The molecule has 0 radical (unpaired) electrons. The van der Waals surface area contributed by atoms with E-state index < -0.39 is 0 Å². The fourth-order valence-electron chi connectivity index (χ4n) is 3.48. The number of anilines is 2. The summed E-state index contributed by atoms with van der Waals surface area (Å²) in [6, 6.07) is 27.2. The largest absolute Gasteiger partial charge is 0.384 e. The summed E-state index contributed by atoms with van der Waals surface area (Å²) < 4.78 is 0. The van der Waals surface area contributed by atoms with E-state index in [1.54, 1.807) is 0 Å². The van der Waals surface area contributed by atoms with Gasteiger partial charge < -0.3 is 15.6 Å². The molecule has 0 bridgehead atoms. The van der Waals surface area contributed by atoms with Gasteiger partial charge in [0.1, 0.15) is 0 Å². The average molecular weight is 355 g/mol. The van der Waals surface area contributed by atoms with Gasteiger partial charge in [-0.3, -0.25) is 0 Å². The molecule has 3 N–H and O–H groups in total. The van der Waals surface area contributed by atoms with Crippen molar-refractivity contribution in [3.05, 3.63) is 96.2 Å². The topological polar surface area (TPSA) is 39.9 Å². The number of fused-ring (bicyclic) bond motifs is 3. The van der Waals surface area contributed by atoms with Crippen LogP contribution in [0, 0.1) is 0 Å². The van der Waals surface area contributed by atoms with Gasteiger partial charge in [0, 0.05) is 36.2 Å². The molecule has 0 unspecified atom stereocenters. The Bertz CT molecular complexity index is 877. The van der Waals surface area contributed by atoms with Crippen molar-refractivity contribution in [3.8, 4) is 0 Å². The maximum Gasteiger partial charge on any atom is 0.0453 e. The number of para-hydroxylation sites is 3. The standard InChI is InChI=1S/2C8H9N.C8H7N/c3*1-2-4-8-7(3-1)5-6-9-8/h2*1-4,9H,5-6H2;1-6,9H. The van der Waals surface area contributed by atoms with Crippen molar-refractivity contribution in [2.75, 3.05) is 23.7 Å². The zero-order valence-electron chi connectivity index (χ0n) is 15.4. The summed E-state index contributed by atoms with van der Waals surface area (Å²) >= 11 is 0. The summed E-state index contributed by atoms with van der Waals surface area (Å²) in [4.78, 5) is 3.12. The minimum Gasteiger partial charge on any atom is -0.384 e. The number of rotatable bonds is 0. The molecule has 3 heteroatoms. The molecule has 0 saturated heterocycles. The van der Waals surface area contributed by atoms with Crippen molar-refractivity contribution in [2.45, 2.75) is 12.8 Å². The summed E-state index contributed by atoms with van der Waals surface area (Å²) in [6.45, 7) is 2.22. The zero-order chi connectivity index (χ0) is 18.3. The maximum absolute atomic E-state index is 3.30. The van der Waals surface area contributed by atoms with Gasteiger partial charge in [0.05, 0.1) is 0 Å². The van der Waals surface area contributed by atoms with E-state index in [0.717, 1.165) is 13.1 Å². The molecule has 3 aromatic carbocycles. The van der Waals surface area contributed by atoms with Crippen molar-refractivity contribution >= 4 is 22.3 Å². The zero-order valence-corrected chi connectivity index (χ0v) is 15.4. The van der Waals surface area contributed by atoms with Crippen LogP contribution in [0.5, 0.6) is 0 Å². The third-order valence-electron chi connectivity index (χ3n) is 4.92. The van der Waals surface area contributed by atoms with E-state index in [4.69, 9.17) is 0 Å². The van der Waals surface area contributed by atoms with Crippen LogP contribution in [-0.2, 0) is 12.8 Å². The lowest BCUT2D eigenvalue weighted by Gasteiger charge is -1.94. The monoisotopic (exact) mass is 355 g/mol. The molecule has 0 saturated carbocycles. The maximum atomic E-state index is 3.30. The van der Waals surface area contributed by atoms with Crippen molar-refractivity contribution in [1.29, 1.82) is 0 Å². The molecular formula is C24H25N3. The van der Waals surface area contributed by atoms with Crippen LogP contribution < -0.4 is 10.6 Å². The van der Waals surface area contributed by atoms with Crippen LogP contribution in [0.4, 0.5) is 11.4 Å². The summed E-state index contributed by atoms with van der Waals surface area (Å²) in [6.07, 6.45) is 4.33. The molecule has 2 aliphatic heterocycles. The Morgan fingerprint density at radius 3 is 1.70 bits per heavy atom. The number of aromatic nitrogens is 1. The molecule has 0 atom stereocenters. The Kier molecular flexibility index (Phi) is 5.39. The van der Waals surface area contributed by atoms with Crippen molar-refractivity contribution < 1.29 is 0 Å². The molecule has 2 aliphatic rings. The molecule has 136 valence electrons. The predicted octanol–water partition coefficient (Wildman–Crippen LogP) is 5.48. The lowest BCUT2D eigenvalue weighted by atomic mass is 10.2. The Labute approximate surface area is 160 Å². The van der Waals surface area contributed by atoms with Gasteiger partial charge in [-0.05, 0) is 53.6 Å². The molecule has 3 nitrogen and oxygen atoms in total. The molecule has 3 heterocycles. The third kappa shape index (κ3) is 4.32. The van der Waals surface area contributed by atoms with Crippen LogP contribution in [0.15, 0.2) is 85.1 Å². The molecule has 0 amide bonds. The second kappa shape index (κ2) is 8.45. The van der Waals surface area contributed by atoms with Gasteiger partial charge in [0.2, 0.25) is 0 Å². The lowest BCUT2D eigenvalue weighted by molar-refractivity contribution is 1.11. The number of nitrogens with one attached hydrogen (secondary N) is 3. The van der Waals surface area contributed by atoms with E-state index in [-0.39, 0.29) is 0 Å². The lowest BCUT2D eigenvalue weighted by Crippen LogP contribution is -1.90. The van der Waals surface area contributed by atoms with Gasteiger partial charge in [-0.25, -0.2) is 0 Å². The summed E-state index contributed by atoms with van der Waals surface area (Å²) in [7, 11) is 0. The number of aromatic amines is 1. The van der Waals surface area contributed by atoms with E-state index in [0.29, 0.717) is 0 Å². The first-order valence-electron chi connectivity index (χ1n) is 9.56. The molecule has 1 aromatic heterocycles. The van der Waals surface area contributed by atoms with Crippen LogP contribution in [-0.4, -0.2) is 18.1 Å². The SMILES string of the molecule is c1ccc2[nH]ccc2c1.c1ccc2c(c1)CCN2.c1ccc2c(c1)CCN2.